The molecular weight excluding hydrogens is 334 g/mol. The summed E-state index contributed by atoms with van der Waals surface area (Å²) < 4.78 is 0.930. The molecule has 0 amide bonds. The number of anilines is 1. The van der Waals surface area contributed by atoms with Gasteiger partial charge < -0.3 is 5.73 Å². The first-order valence-corrected chi connectivity index (χ1v) is 9.63. The van der Waals surface area contributed by atoms with Crippen LogP contribution in [0.4, 0.5) is 5.13 Å². The number of nitrogens with two attached hydrogens (primary N) is 1. The predicted octanol–water partition coefficient (Wildman–Crippen LogP) is 3.13. The number of hydrogen-bond donors (Lipinski definition) is 1. The van der Waals surface area contributed by atoms with Crippen molar-refractivity contribution >= 4 is 38.3 Å². The van der Waals surface area contributed by atoms with E-state index >= 15 is 0 Å². The Balaban J connectivity index is 1.90. The highest BCUT2D eigenvalue weighted by Crippen LogP contribution is 2.46. The lowest BCUT2D eigenvalue weighted by molar-refractivity contribution is -0.151. The molecule has 1 aliphatic carbocycles. The number of ketones is 2. The van der Waals surface area contributed by atoms with Gasteiger partial charge in [0.2, 0.25) is 0 Å². The van der Waals surface area contributed by atoms with Crippen molar-refractivity contribution in [3.05, 3.63) is 23.8 Å². The van der Waals surface area contributed by atoms with Crippen molar-refractivity contribution in [1.29, 1.82) is 0 Å². The fourth-order valence-corrected chi connectivity index (χ4v) is 5.19. The number of aromatic nitrogens is 1. The molecule has 2 aromatic rings. The second-order valence-corrected chi connectivity index (χ2v) is 9.07. The van der Waals surface area contributed by atoms with Crippen molar-refractivity contribution in [2.75, 3.05) is 18.8 Å². The van der Waals surface area contributed by atoms with Gasteiger partial charge in [0.1, 0.15) is 0 Å². The fraction of sp³-hybridized carbons (Fsp3) is 0.526. The van der Waals surface area contributed by atoms with Crippen molar-refractivity contribution in [1.82, 2.24) is 9.88 Å². The van der Waals surface area contributed by atoms with E-state index in [-0.39, 0.29) is 17.0 Å². The van der Waals surface area contributed by atoms with Gasteiger partial charge in [0, 0.05) is 12.8 Å². The third-order valence-corrected chi connectivity index (χ3v) is 6.34. The van der Waals surface area contributed by atoms with Gasteiger partial charge in [0.15, 0.2) is 22.2 Å². The van der Waals surface area contributed by atoms with Crippen molar-refractivity contribution in [2.24, 2.45) is 5.41 Å². The molecule has 0 bridgehead atoms. The molecule has 0 spiro atoms. The molecule has 0 radical (unpaired) electrons. The fourth-order valence-electron chi connectivity index (χ4n) is 4.42. The van der Waals surface area contributed by atoms with Gasteiger partial charge in [-0.05, 0) is 49.0 Å². The van der Waals surface area contributed by atoms with E-state index in [0.717, 1.165) is 41.7 Å². The van der Waals surface area contributed by atoms with Crippen LogP contribution in [0.3, 0.4) is 0 Å². The topological polar surface area (TPSA) is 76.3 Å². The van der Waals surface area contributed by atoms with E-state index in [0.29, 0.717) is 18.0 Å². The highest BCUT2D eigenvalue weighted by atomic mass is 32.1. The summed E-state index contributed by atoms with van der Waals surface area (Å²) in [7, 11) is 0. The minimum absolute atomic E-state index is 0.0347. The van der Waals surface area contributed by atoms with Crippen LogP contribution in [0, 0.1) is 5.41 Å². The lowest BCUT2D eigenvalue weighted by Crippen LogP contribution is -2.60. The molecule has 6 heteroatoms. The van der Waals surface area contributed by atoms with Gasteiger partial charge in [0.25, 0.3) is 0 Å². The molecule has 0 unspecified atom stereocenters. The molecule has 2 heterocycles. The van der Waals surface area contributed by atoms with E-state index in [1.54, 1.807) is 0 Å². The maximum Gasteiger partial charge on any atom is 0.181 e. The number of nitrogens with zero attached hydrogens (tertiary/aromatic N) is 2. The molecule has 132 valence electrons. The van der Waals surface area contributed by atoms with E-state index in [1.165, 1.54) is 11.3 Å². The molecule has 1 aromatic heterocycles. The summed E-state index contributed by atoms with van der Waals surface area (Å²) in [5, 5.41) is 0.504. The Morgan fingerprint density at radius 3 is 2.40 bits per heavy atom. The van der Waals surface area contributed by atoms with Gasteiger partial charge in [-0.3, -0.25) is 14.5 Å². The van der Waals surface area contributed by atoms with Crippen LogP contribution in [-0.2, 0) is 15.1 Å². The Morgan fingerprint density at radius 2 is 1.76 bits per heavy atom. The van der Waals surface area contributed by atoms with Gasteiger partial charge in [-0.25, -0.2) is 4.98 Å². The minimum atomic E-state index is -1.13. The van der Waals surface area contributed by atoms with Gasteiger partial charge in [-0.1, -0.05) is 31.3 Å². The van der Waals surface area contributed by atoms with Crippen LogP contribution in [0.1, 0.15) is 45.1 Å². The monoisotopic (exact) mass is 357 g/mol. The molecule has 1 saturated heterocycles. The molecule has 0 atom stereocenters. The Kier molecular flexibility index (Phi) is 3.74. The first-order valence-electron chi connectivity index (χ1n) is 8.81. The molecule has 1 aromatic carbocycles. The zero-order valence-corrected chi connectivity index (χ0v) is 15.5. The highest BCUT2D eigenvalue weighted by Gasteiger charge is 2.56. The van der Waals surface area contributed by atoms with Crippen molar-refractivity contribution < 1.29 is 9.59 Å². The summed E-state index contributed by atoms with van der Waals surface area (Å²) in [6.45, 7) is 5.59. The Morgan fingerprint density at radius 1 is 1.12 bits per heavy atom. The maximum atomic E-state index is 13.4. The van der Waals surface area contributed by atoms with Crippen LogP contribution in [-0.4, -0.2) is 34.5 Å². The molecule has 2 fully saturated rings. The Labute approximate surface area is 151 Å². The average Bonchev–Trinajstić information content (AvgIpc) is 3.14. The third-order valence-electron chi connectivity index (χ3n) is 5.49. The Bertz CT molecular complexity index is 845. The summed E-state index contributed by atoms with van der Waals surface area (Å²) in [4.78, 5) is 33.1. The molecule has 2 aliphatic rings. The zero-order chi connectivity index (χ0) is 17.8. The standard InChI is InChI=1S/C19H23N3O2S/c1-18(2)10-15(23)19(16(24)11-18,22-7-3-4-8-22)12-5-6-13-14(9-12)25-17(20)21-13/h5-6,9H,3-4,7-8,10-11H2,1-2H3,(H2,20,21). The van der Waals surface area contributed by atoms with Crippen LogP contribution in [0.5, 0.6) is 0 Å². The van der Waals surface area contributed by atoms with Crippen LogP contribution < -0.4 is 5.73 Å². The molecule has 4 rings (SSSR count). The number of nitrogen functional groups attached to an aromatic ring is 1. The lowest BCUT2D eigenvalue weighted by atomic mass is 9.64. The first-order chi connectivity index (χ1) is 11.8. The number of carbonyl (C=O) groups excluding carboxylic acids is 2. The van der Waals surface area contributed by atoms with E-state index < -0.39 is 5.54 Å². The summed E-state index contributed by atoms with van der Waals surface area (Å²) in [6.07, 6.45) is 2.92. The predicted molar refractivity (Wildman–Crippen MR) is 99.5 cm³/mol. The number of likely N-dealkylation sites (tertiary alicyclic amines) is 1. The second-order valence-electron chi connectivity index (χ2n) is 8.00. The van der Waals surface area contributed by atoms with Crippen LogP contribution in [0.2, 0.25) is 0 Å². The normalized spacial score (nSPS) is 23.4. The molecule has 1 aliphatic heterocycles. The van der Waals surface area contributed by atoms with Crippen LogP contribution in [0.25, 0.3) is 10.2 Å². The summed E-state index contributed by atoms with van der Waals surface area (Å²) in [6, 6.07) is 5.74. The number of thiazole rings is 1. The van der Waals surface area contributed by atoms with E-state index in [9.17, 15) is 9.59 Å². The highest BCUT2D eigenvalue weighted by molar-refractivity contribution is 7.22. The summed E-state index contributed by atoms with van der Waals surface area (Å²) >= 11 is 1.40. The van der Waals surface area contributed by atoms with E-state index in [4.69, 9.17) is 5.73 Å². The summed E-state index contributed by atoms with van der Waals surface area (Å²) in [5.74, 6) is 0.0694. The second kappa shape index (κ2) is 5.61. The maximum absolute atomic E-state index is 13.4. The number of rotatable bonds is 2. The number of fused-ring (bicyclic) bond motifs is 1. The Hall–Kier alpha value is -1.79. The molecule has 25 heavy (non-hydrogen) atoms. The largest absolute Gasteiger partial charge is 0.375 e. The van der Waals surface area contributed by atoms with Crippen molar-refractivity contribution in [3.63, 3.8) is 0 Å². The van der Waals surface area contributed by atoms with Crippen LogP contribution in [0.15, 0.2) is 18.2 Å². The summed E-state index contributed by atoms with van der Waals surface area (Å²) in [5.41, 5.74) is 6.04. The molecule has 1 saturated carbocycles. The SMILES string of the molecule is CC1(C)CC(=O)C(c2ccc3nc(N)sc3c2)(N2CCCC2)C(=O)C1. The van der Waals surface area contributed by atoms with Gasteiger partial charge >= 0.3 is 0 Å². The van der Waals surface area contributed by atoms with Crippen LogP contribution >= 0.6 is 11.3 Å². The minimum Gasteiger partial charge on any atom is -0.375 e. The third kappa shape index (κ3) is 2.50. The van der Waals surface area contributed by atoms with Gasteiger partial charge in [-0.15, -0.1) is 0 Å². The van der Waals surface area contributed by atoms with Gasteiger partial charge in [-0.2, -0.15) is 0 Å². The van der Waals surface area contributed by atoms with E-state index in [2.05, 4.69) is 9.88 Å². The molecule has 2 N–H and O–H groups in total. The molecular formula is C19H23N3O2S. The van der Waals surface area contributed by atoms with E-state index in [1.807, 2.05) is 32.0 Å². The quantitative estimate of drug-likeness (QED) is 0.836. The first kappa shape index (κ1) is 16.7. The zero-order valence-electron chi connectivity index (χ0n) is 14.7. The average molecular weight is 357 g/mol. The van der Waals surface area contributed by atoms with Crippen molar-refractivity contribution in [3.8, 4) is 0 Å². The lowest BCUT2D eigenvalue weighted by Gasteiger charge is -2.46. The molecule has 5 nitrogen and oxygen atoms in total. The number of Topliss-reactive ketones (excluding diaryl/α,β-unsaturated/α-hetero) is 2. The smallest absolute Gasteiger partial charge is 0.181 e. The van der Waals surface area contributed by atoms with Gasteiger partial charge in [0.05, 0.1) is 10.2 Å². The van der Waals surface area contributed by atoms with Crippen molar-refractivity contribution in [2.45, 2.75) is 45.1 Å². The number of carbonyl (C=O) groups is 2. The number of benzene rings is 1. The number of hydrogen-bond acceptors (Lipinski definition) is 6.